The van der Waals surface area contributed by atoms with E-state index in [2.05, 4.69) is 19.4 Å². The zero-order valence-electron chi connectivity index (χ0n) is 7.27. The van der Waals surface area contributed by atoms with E-state index in [1.54, 1.807) is 0 Å². The third-order valence-corrected chi connectivity index (χ3v) is 2.55. The molecule has 0 spiro atoms. The van der Waals surface area contributed by atoms with Crippen LogP contribution in [0.25, 0.3) is 11.4 Å². The van der Waals surface area contributed by atoms with Gasteiger partial charge in [0.2, 0.25) is 4.77 Å². The second kappa shape index (κ2) is 3.52. The number of hydrogen-bond acceptors (Lipinski definition) is 3. The minimum absolute atomic E-state index is 0.412. The highest BCUT2D eigenvalue weighted by Gasteiger charge is 2.04. The summed E-state index contributed by atoms with van der Waals surface area (Å²) in [6.07, 6.45) is 0. The van der Waals surface area contributed by atoms with Crippen LogP contribution in [0.5, 0.6) is 0 Å². The van der Waals surface area contributed by atoms with Gasteiger partial charge in [-0.3, -0.25) is 0 Å². The Balaban J connectivity index is 2.55. The fraction of sp³-hybridized carbons (Fsp3) is 0. The van der Waals surface area contributed by atoms with E-state index in [0.717, 1.165) is 10.9 Å². The number of H-pyrrole nitrogens is 1. The second-order valence-corrected chi connectivity index (χ2v) is 3.90. The minimum Gasteiger partial charge on any atom is -0.335 e. The maximum atomic E-state index is 5.69. The van der Waals surface area contributed by atoms with Gasteiger partial charge in [-0.05, 0) is 17.5 Å². The Morgan fingerprint density at radius 1 is 1.36 bits per heavy atom. The smallest absolute Gasteiger partial charge is 0.214 e. The van der Waals surface area contributed by atoms with E-state index in [4.69, 9.17) is 18.1 Å². The van der Waals surface area contributed by atoms with Crippen LogP contribution in [-0.2, 0) is 0 Å². The highest BCUT2D eigenvalue weighted by atomic mass is 32.1. The maximum Gasteiger partial charge on any atom is 0.214 e. The van der Waals surface area contributed by atoms with Gasteiger partial charge in [-0.1, -0.05) is 24.3 Å². The number of nitrogens with one attached hydrogen (secondary N) is 1. The zero-order valence-corrected chi connectivity index (χ0v) is 9.24. The van der Waals surface area contributed by atoms with Crippen LogP contribution in [0.4, 0.5) is 0 Å². The molecular formula is C8H9N4PS. The van der Waals surface area contributed by atoms with Gasteiger partial charge in [0.15, 0.2) is 5.82 Å². The molecule has 0 aliphatic rings. The molecule has 1 aromatic heterocycles. The van der Waals surface area contributed by atoms with Crippen LogP contribution >= 0.6 is 21.5 Å². The van der Waals surface area contributed by atoms with Crippen LogP contribution in [0.2, 0.25) is 0 Å². The van der Waals surface area contributed by atoms with E-state index in [1.807, 2.05) is 24.3 Å². The molecule has 2 rings (SSSR count). The van der Waals surface area contributed by atoms with E-state index in [0.29, 0.717) is 10.6 Å². The normalized spacial score (nSPS) is 10.4. The molecule has 72 valence electrons. The van der Waals surface area contributed by atoms with Gasteiger partial charge in [0, 0.05) is 5.56 Å². The number of aromatic amines is 1. The first-order chi connectivity index (χ1) is 6.68. The molecule has 0 aliphatic heterocycles. The highest BCUT2D eigenvalue weighted by molar-refractivity contribution is 7.71. The van der Waals surface area contributed by atoms with Gasteiger partial charge in [0.1, 0.15) is 0 Å². The number of aromatic nitrogens is 3. The van der Waals surface area contributed by atoms with Crippen molar-refractivity contribution in [3.05, 3.63) is 29.0 Å². The highest BCUT2D eigenvalue weighted by Crippen LogP contribution is 2.13. The largest absolute Gasteiger partial charge is 0.335 e. The summed E-state index contributed by atoms with van der Waals surface area (Å²) < 4.78 is 1.77. The summed E-state index contributed by atoms with van der Waals surface area (Å²) in [4.78, 5) is 0. The predicted octanol–water partition coefficient (Wildman–Crippen LogP) is 0.822. The molecule has 0 bridgehead atoms. The Morgan fingerprint density at radius 3 is 2.50 bits per heavy atom. The molecule has 0 saturated heterocycles. The number of nitrogens with zero attached hydrogens (tertiary/aromatic N) is 2. The van der Waals surface area contributed by atoms with Gasteiger partial charge in [-0.2, -0.15) is 5.10 Å². The van der Waals surface area contributed by atoms with Gasteiger partial charge >= 0.3 is 0 Å². The SMILES string of the molecule is Nn1c(-c2ccc(P)cc2)n[nH]c1=S. The van der Waals surface area contributed by atoms with Crippen molar-refractivity contribution in [2.24, 2.45) is 0 Å². The number of benzene rings is 1. The third-order valence-electron chi connectivity index (χ3n) is 1.87. The summed E-state index contributed by atoms with van der Waals surface area (Å²) in [6.45, 7) is 0. The number of hydrogen-bond donors (Lipinski definition) is 2. The predicted molar refractivity (Wildman–Crippen MR) is 62.3 cm³/mol. The lowest BCUT2D eigenvalue weighted by atomic mass is 10.2. The Morgan fingerprint density at radius 2 is 2.00 bits per heavy atom. The quantitative estimate of drug-likeness (QED) is 0.428. The lowest BCUT2D eigenvalue weighted by Crippen LogP contribution is -2.10. The van der Waals surface area contributed by atoms with Crippen LogP contribution in [0.15, 0.2) is 24.3 Å². The molecule has 0 aliphatic carbocycles. The molecule has 1 unspecified atom stereocenters. The van der Waals surface area contributed by atoms with Gasteiger partial charge in [-0.15, -0.1) is 9.24 Å². The molecule has 2 aromatic rings. The third kappa shape index (κ3) is 1.56. The lowest BCUT2D eigenvalue weighted by molar-refractivity contribution is 0.984. The molecule has 4 nitrogen and oxygen atoms in total. The maximum absolute atomic E-state index is 5.69. The molecule has 0 saturated carbocycles. The van der Waals surface area contributed by atoms with Gasteiger partial charge < -0.3 is 5.84 Å². The van der Waals surface area contributed by atoms with Crippen LogP contribution in [0.1, 0.15) is 0 Å². The summed E-state index contributed by atoms with van der Waals surface area (Å²) in [7, 11) is 2.62. The molecule has 0 fully saturated rings. The molecular weight excluding hydrogens is 215 g/mol. The Kier molecular flexibility index (Phi) is 2.35. The number of nitrogens with two attached hydrogens (primary N) is 1. The van der Waals surface area contributed by atoms with Gasteiger partial charge in [0.25, 0.3) is 0 Å². The Hall–Kier alpha value is -1.19. The summed E-state index contributed by atoms with van der Waals surface area (Å²) in [5.41, 5.74) is 0.936. The molecule has 6 heteroatoms. The average Bonchev–Trinajstić information content (AvgIpc) is 2.50. The summed E-state index contributed by atoms with van der Waals surface area (Å²) >= 11 is 4.92. The van der Waals surface area contributed by atoms with Crippen LogP contribution in [0.3, 0.4) is 0 Å². The van der Waals surface area contributed by atoms with Crippen molar-refractivity contribution in [2.45, 2.75) is 0 Å². The molecule has 1 heterocycles. The van der Waals surface area contributed by atoms with Crippen molar-refractivity contribution in [2.75, 3.05) is 5.84 Å². The molecule has 1 aromatic carbocycles. The van der Waals surface area contributed by atoms with Crippen LogP contribution < -0.4 is 11.1 Å². The van der Waals surface area contributed by atoms with Crippen LogP contribution in [-0.4, -0.2) is 14.9 Å². The number of rotatable bonds is 1. The van der Waals surface area contributed by atoms with Crippen molar-refractivity contribution in [3.63, 3.8) is 0 Å². The van der Waals surface area contributed by atoms with Crippen molar-refractivity contribution in [3.8, 4) is 11.4 Å². The van der Waals surface area contributed by atoms with Gasteiger partial charge in [0.05, 0.1) is 0 Å². The van der Waals surface area contributed by atoms with Gasteiger partial charge in [-0.25, -0.2) is 9.77 Å². The fourth-order valence-corrected chi connectivity index (χ4v) is 1.47. The summed E-state index contributed by atoms with van der Waals surface area (Å²) in [6, 6.07) is 7.82. The first-order valence-corrected chi connectivity index (χ1v) is 4.95. The molecule has 0 radical (unpaired) electrons. The lowest BCUT2D eigenvalue weighted by Gasteiger charge is -1.99. The van der Waals surface area contributed by atoms with Crippen molar-refractivity contribution >= 4 is 26.8 Å². The minimum atomic E-state index is 0.412. The van der Waals surface area contributed by atoms with E-state index in [9.17, 15) is 0 Å². The van der Waals surface area contributed by atoms with Crippen molar-refractivity contribution < 1.29 is 0 Å². The molecule has 0 amide bonds. The Labute approximate surface area is 88.3 Å². The monoisotopic (exact) mass is 224 g/mol. The Bertz CT molecular complexity index is 499. The average molecular weight is 224 g/mol. The summed E-state index contributed by atoms with van der Waals surface area (Å²) in [5.74, 6) is 6.33. The first-order valence-electron chi connectivity index (χ1n) is 3.97. The summed E-state index contributed by atoms with van der Waals surface area (Å²) in [5, 5.41) is 7.78. The van der Waals surface area contributed by atoms with E-state index < -0.39 is 0 Å². The van der Waals surface area contributed by atoms with E-state index in [-0.39, 0.29) is 0 Å². The van der Waals surface area contributed by atoms with E-state index >= 15 is 0 Å². The fourth-order valence-electron chi connectivity index (χ4n) is 1.14. The van der Waals surface area contributed by atoms with E-state index in [1.165, 1.54) is 4.68 Å². The zero-order chi connectivity index (χ0) is 10.1. The number of nitrogen functional groups attached to an aromatic ring is 1. The van der Waals surface area contributed by atoms with Crippen molar-refractivity contribution in [1.29, 1.82) is 0 Å². The topological polar surface area (TPSA) is 59.6 Å². The molecule has 3 N–H and O–H groups in total. The van der Waals surface area contributed by atoms with Crippen LogP contribution in [0, 0.1) is 4.77 Å². The standard InChI is InChI=1S/C8H9N4PS/c9-12-7(10-11-8(12)14)5-1-3-6(13)4-2-5/h1-4H,9,13H2,(H,11,14). The molecule has 1 atom stereocenters. The molecule has 14 heavy (non-hydrogen) atoms. The second-order valence-electron chi connectivity index (χ2n) is 2.84. The van der Waals surface area contributed by atoms with Crippen molar-refractivity contribution in [1.82, 2.24) is 14.9 Å². The first kappa shape index (κ1) is 9.37.